The summed E-state index contributed by atoms with van der Waals surface area (Å²) in [5.74, 6) is 0.975. The minimum absolute atomic E-state index is 0.975. The Hall–Kier alpha value is -0.0800. The van der Waals surface area contributed by atoms with E-state index >= 15 is 0 Å². The molecular weight excluding hydrogens is 172 g/mol. The van der Waals surface area contributed by atoms with Crippen molar-refractivity contribution in [1.29, 1.82) is 0 Å². The molecule has 0 spiro atoms. The van der Waals surface area contributed by atoms with Crippen LogP contribution in [0.4, 0.5) is 0 Å². The van der Waals surface area contributed by atoms with Crippen LogP contribution in [0, 0.1) is 5.92 Å². The molecule has 0 atom stereocenters. The van der Waals surface area contributed by atoms with E-state index in [9.17, 15) is 0 Å². The zero-order chi connectivity index (χ0) is 10.2. The Morgan fingerprint density at radius 3 is 2.50 bits per heavy atom. The van der Waals surface area contributed by atoms with E-state index in [2.05, 4.69) is 24.3 Å². The Bertz CT molecular complexity index is 128. The Morgan fingerprint density at radius 2 is 1.86 bits per heavy atom. The van der Waals surface area contributed by atoms with Gasteiger partial charge in [0.2, 0.25) is 0 Å². The van der Waals surface area contributed by atoms with Crippen molar-refractivity contribution in [3.05, 3.63) is 0 Å². The van der Waals surface area contributed by atoms with Crippen LogP contribution in [0.5, 0.6) is 0 Å². The number of hydrogen-bond acceptors (Lipinski definition) is 2. The van der Waals surface area contributed by atoms with Crippen molar-refractivity contribution in [2.24, 2.45) is 5.92 Å². The highest BCUT2D eigenvalue weighted by molar-refractivity contribution is 4.67. The van der Waals surface area contributed by atoms with E-state index in [1.54, 1.807) is 0 Å². The van der Waals surface area contributed by atoms with E-state index in [4.69, 9.17) is 0 Å². The summed E-state index contributed by atoms with van der Waals surface area (Å²) in [5, 5.41) is 3.58. The Balaban J connectivity index is 1.87. The van der Waals surface area contributed by atoms with Gasteiger partial charge in [-0.3, -0.25) is 0 Å². The van der Waals surface area contributed by atoms with Gasteiger partial charge in [0, 0.05) is 0 Å². The first-order chi connectivity index (χ1) is 6.79. The molecule has 1 fully saturated rings. The molecule has 0 heterocycles. The van der Waals surface area contributed by atoms with E-state index < -0.39 is 0 Å². The number of nitrogens with one attached hydrogen (secondary N) is 1. The van der Waals surface area contributed by atoms with E-state index in [0.29, 0.717) is 0 Å². The van der Waals surface area contributed by atoms with Crippen LogP contribution in [0.25, 0.3) is 0 Å². The molecule has 0 saturated heterocycles. The highest BCUT2D eigenvalue weighted by Gasteiger charge is 2.11. The highest BCUT2D eigenvalue weighted by Crippen LogP contribution is 2.22. The molecular formula is C12H26N2. The standard InChI is InChI=1S/C12H26N2/c1-14(2)10-6-9-13-11-12-7-4-3-5-8-12/h12-13H,3-11H2,1-2H3. The second-order valence-corrected chi connectivity index (χ2v) is 4.86. The van der Waals surface area contributed by atoms with Crippen LogP contribution in [0.1, 0.15) is 38.5 Å². The van der Waals surface area contributed by atoms with Gasteiger partial charge < -0.3 is 10.2 Å². The third-order valence-corrected chi connectivity index (χ3v) is 3.12. The van der Waals surface area contributed by atoms with Gasteiger partial charge in [-0.25, -0.2) is 0 Å². The Kier molecular flexibility index (Phi) is 6.20. The molecule has 0 radical (unpaired) electrons. The van der Waals surface area contributed by atoms with E-state index in [1.165, 1.54) is 58.2 Å². The van der Waals surface area contributed by atoms with E-state index in [0.717, 1.165) is 5.92 Å². The number of nitrogens with zero attached hydrogens (tertiary/aromatic N) is 1. The van der Waals surface area contributed by atoms with Crippen molar-refractivity contribution in [3.8, 4) is 0 Å². The molecule has 0 aromatic heterocycles. The van der Waals surface area contributed by atoms with Gasteiger partial charge in [0.05, 0.1) is 0 Å². The van der Waals surface area contributed by atoms with Gasteiger partial charge in [0.1, 0.15) is 0 Å². The van der Waals surface area contributed by atoms with Crippen molar-refractivity contribution in [2.45, 2.75) is 38.5 Å². The predicted molar refractivity (Wildman–Crippen MR) is 62.6 cm³/mol. The van der Waals surface area contributed by atoms with Crippen molar-refractivity contribution in [1.82, 2.24) is 10.2 Å². The average molecular weight is 198 g/mol. The first kappa shape index (κ1) is 12.0. The molecule has 1 N–H and O–H groups in total. The van der Waals surface area contributed by atoms with Crippen LogP contribution >= 0.6 is 0 Å². The second-order valence-electron chi connectivity index (χ2n) is 4.86. The molecule has 1 saturated carbocycles. The lowest BCUT2D eigenvalue weighted by atomic mass is 9.89. The van der Waals surface area contributed by atoms with Crippen molar-refractivity contribution >= 4 is 0 Å². The van der Waals surface area contributed by atoms with Crippen LogP contribution in [0.3, 0.4) is 0 Å². The van der Waals surface area contributed by atoms with Crippen molar-refractivity contribution < 1.29 is 0 Å². The molecule has 1 rings (SSSR count). The molecule has 14 heavy (non-hydrogen) atoms. The maximum atomic E-state index is 3.58. The minimum atomic E-state index is 0.975. The van der Waals surface area contributed by atoms with Gasteiger partial charge >= 0.3 is 0 Å². The first-order valence-corrected chi connectivity index (χ1v) is 6.14. The first-order valence-electron chi connectivity index (χ1n) is 6.14. The SMILES string of the molecule is CN(C)CCCNCC1CCCCC1. The zero-order valence-corrected chi connectivity index (χ0v) is 9.89. The van der Waals surface area contributed by atoms with Crippen LogP contribution in [-0.4, -0.2) is 38.6 Å². The topological polar surface area (TPSA) is 15.3 Å². The average Bonchev–Trinajstić information content (AvgIpc) is 2.18. The summed E-state index contributed by atoms with van der Waals surface area (Å²) in [6, 6.07) is 0. The summed E-state index contributed by atoms with van der Waals surface area (Å²) in [5.41, 5.74) is 0. The van der Waals surface area contributed by atoms with Gasteiger partial charge in [-0.05, 0) is 58.9 Å². The molecule has 2 heteroatoms. The lowest BCUT2D eigenvalue weighted by molar-refractivity contribution is 0.335. The summed E-state index contributed by atoms with van der Waals surface area (Å²) in [7, 11) is 4.28. The molecule has 0 aliphatic heterocycles. The van der Waals surface area contributed by atoms with Gasteiger partial charge in [-0.1, -0.05) is 19.3 Å². The molecule has 0 bridgehead atoms. The van der Waals surface area contributed by atoms with Crippen LogP contribution < -0.4 is 5.32 Å². The predicted octanol–water partition coefficient (Wildman–Crippen LogP) is 2.11. The number of hydrogen-bond donors (Lipinski definition) is 1. The molecule has 84 valence electrons. The van der Waals surface area contributed by atoms with Gasteiger partial charge in [0.15, 0.2) is 0 Å². The number of rotatable bonds is 6. The largest absolute Gasteiger partial charge is 0.316 e. The molecule has 1 aliphatic carbocycles. The fourth-order valence-electron chi connectivity index (χ4n) is 2.22. The van der Waals surface area contributed by atoms with Crippen molar-refractivity contribution in [2.75, 3.05) is 33.7 Å². The zero-order valence-electron chi connectivity index (χ0n) is 9.89. The summed E-state index contributed by atoms with van der Waals surface area (Å²) in [6.45, 7) is 3.65. The van der Waals surface area contributed by atoms with Crippen LogP contribution in [-0.2, 0) is 0 Å². The lowest BCUT2D eigenvalue weighted by Gasteiger charge is -2.21. The Labute approximate surface area is 89.1 Å². The quantitative estimate of drug-likeness (QED) is 0.658. The maximum absolute atomic E-state index is 3.58. The van der Waals surface area contributed by atoms with Crippen molar-refractivity contribution in [3.63, 3.8) is 0 Å². The monoisotopic (exact) mass is 198 g/mol. The van der Waals surface area contributed by atoms with E-state index in [-0.39, 0.29) is 0 Å². The summed E-state index contributed by atoms with van der Waals surface area (Å²) >= 11 is 0. The maximum Gasteiger partial charge on any atom is -0.00127 e. The smallest absolute Gasteiger partial charge is 0.00127 e. The van der Waals surface area contributed by atoms with Gasteiger partial charge in [-0.2, -0.15) is 0 Å². The fourth-order valence-corrected chi connectivity index (χ4v) is 2.22. The molecule has 0 aromatic rings. The van der Waals surface area contributed by atoms with Gasteiger partial charge in [-0.15, -0.1) is 0 Å². The van der Waals surface area contributed by atoms with Crippen LogP contribution in [0.15, 0.2) is 0 Å². The van der Waals surface area contributed by atoms with Crippen LogP contribution in [0.2, 0.25) is 0 Å². The minimum Gasteiger partial charge on any atom is -0.316 e. The summed E-state index contributed by atoms with van der Waals surface area (Å²) in [6.07, 6.45) is 8.59. The third-order valence-electron chi connectivity index (χ3n) is 3.12. The summed E-state index contributed by atoms with van der Waals surface area (Å²) in [4.78, 5) is 2.25. The molecule has 0 unspecified atom stereocenters. The second kappa shape index (κ2) is 7.24. The fraction of sp³-hybridized carbons (Fsp3) is 1.00. The molecule has 1 aliphatic rings. The normalized spacial score (nSPS) is 19.1. The molecule has 0 aromatic carbocycles. The highest BCUT2D eigenvalue weighted by atomic mass is 15.1. The third kappa shape index (κ3) is 5.61. The molecule has 2 nitrogen and oxygen atoms in total. The Morgan fingerprint density at radius 1 is 1.14 bits per heavy atom. The molecule has 0 amide bonds. The van der Waals surface area contributed by atoms with Gasteiger partial charge in [0.25, 0.3) is 0 Å². The van der Waals surface area contributed by atoms with E-state index in [1.807, 2.05) is 0 Å². The lowest BCUT2D eigenvalue weighted by Crippen LogP contribution is -2.27. The summed E-state index contributed by atoms with van der Waals surface area (Å²) < 4.78 is 0.